The molecule has 0 saturated heterocycles. The van der Waals surface area contributed by atoms with Crippen molar-refractivity contribution < 1.29 is 23.5 Å². The lowest BCUT2D eigenvalue weighted by molar-refractivity contribution is 0.0520. The van der Waals surface area contributed by atoms with Crippen LogP contribution in [0.5, 0.6) is 0 Å². The highest BCUT2D eigenvalue weighted by atomic mass is 16.6. The van der Waals surface area contributed by atoms with E-state index in [0.29, 0.717) is 23.6 Å². The molecule has 2 atom stereocenters. The van der Waals surface area contributed by atoms with Crippen LogP contribution in [0.3, 0.4) is 0 Å². The smallest absolute Gasteiger partial charge is 0.407 e. The van der Waals surface area contributed by atoms with Crippen molar-refractivity contribution in [1.82, 2.24) is 10.6 Å². The molecule has 2 rings (SSSR count). The minimum absolute atomic E-state index is 0.0565. The van der Waals surface area contributed by atoms with Crippen molar-refractivity contribution in [3.8, 4) is 0 Å². The minimum atomic E-state index is -0.502. The van der Waals surface area contributed by atoms with Gasteiger partial charge in [0.15, 0.2) is 0 Å². The highest BCUT2D eigenvalue weighted by Gasteiger charge is 2.39. The molecule has 1 aliphatic rings. The molecular weight excluding hydrogens is 300 g/mol. The molecule has 1 amide bonds. The number of hydrogen-bond donors (Lipinski definition) is 2. The highest BCUT2D eigenvalue weighted by molar-refractivity contribution is 5.90. The Bertz CT molecular complexity index is 588. The Balaban J connectivity index is 1.76. The predicted molar refractivity (Wildman–Crippen MR) is 83.2 cm³/mol. The van der Waals surface area contributed by atoms with Crippen LogP contribution in [0.15, 0.2) is 10.5 Å². The first kappa shape index (κ1) is 17.3. The summed E-state index contributed by atoms with van der Waals surface area (Å²) < 4.78 is 15.4. The van der Waals surface area contributed by atoms with Gasteiger partial charge >= 0.3 is 12.1 Å². The maximum Gasteiger partial charge on any atom is 0.407 e. The molecular formula is C16H24N2O5. The molecule has 1 fully saturated rings. The number of esters is 1. The number of carbonyl (C=O) groups excluding carboxylic acids is 2. The molecule has 1 saturated carbocycles. The zero-order valence-electron chi connectivity index (χ0n) is 14.2. The Morgan fingerprint density at radius 3 is 2.65 bits per heavy atom. The zero-order chi connectivity index (χ0) is 17.2. The fraction of sp³-hybridized carbons (Fsp3) is 0.625. The fourth-order valence-corrected chi connectivity index (χ4v) is 2.21. The molecule has 2 unspecified atom stereocenters. The highest BCUT2D eigenvalue weighted by Crippen LogP contribution is 2.23. The van der Waals surface area contributed by atoms with E-state index in [4.69, 9.17) is 9.15 Å². The summed E-state index contributed by atoms with van der Waals surface area (Å²) in [6.45, 7) is 7.68. The summed E-state index contributed by atoms with van der Waals surface area (Å²) in [5.41, 5.74) is -0.0683. The number of alkyl carbamates (subject to hydrolysis) is 1. The Hall–Kier alpha value is -2.02. The fourth-order valence-electron chi connectivity index (χ4n) is 2.21. The van der Waals surface area contributed by atoms with Crippen LogP contribution in [-0.2, 0) is 16.0 Å². The van der Waals surface area contributed by atoms with E-state index >= 15 is 0 Å². The molecule has 23 heavy (non-hydrogen) atoms. The lowest BCUT2D eigenvalue weighted by atomic mass is 10.2. The standard InChI is InChI=1S/C16H24N2O5/c1-9-11(14(19)21-5)6-10(22-9)8-17-12-7-13(12)18-15(20)23-16(2,3)4/h6,12-13,17H,7-8H2,1-5H3,(H,18,20). The van der Waals surface area contributed by atoms with Gasteiger partial charge in [-0.3, -0.25) is 0 Å². The number of furan rings is 1. The molecule has 0 radical (unpaired) electrons. The van der Waals surface area contributed by atoms with Crippen LogP contribution in [0, 0.1) is 6.92 Å². The Labute approximate surface area is 135 Å². The van der Waals surface area contributed by atoms with Crippen LogP contribution in [0.4, 0.5) is 4.79 Å². The molecule has 1 aromatic heterocycles. The SMILES string of the molecule is COC(=O)c1cc(CNC2CC2NC(=O)OC(C)(C)C)oc1C. The van der Waals surface area contributed by atoms with Crippen LogP contribution in [-0.4, -0.2) is 36.9 Å². The number of hydrogen-bond acceptors (Lipinski definition) is 6. The minimum Gasteiger partial charge on any atom is -0.465 e. The summed E-state index contributed by atoms with van der Waals surface area (Å²) in [6, 6.07) is 1.91. The van der Waals surface area contributed by atoms with E-state index in [0.717, 1.165) is 6.42 Å². The topological polar surface area (TPSA) is 89.8 Å². The molecule has 7 heteroatoms. The van der Waals surface area contributed by atoms with Crippen molar-refractivity contribution >= 4 is 12.1 Å². The quantitative estimate of drug-likeness (QED) is 0.807. The number of methoxy groups -OCH3 is 1. The second-order valence-electron chi connectivity index (χ2n) is 6.65. The van der Waals surface area contributed by atoms with Gasteiger partial charge in [-0.1, -0.05) is 0 Å². The van der Waals surface area contributed by atoms with E-state index in [9.17, 15) is 9.59 Å². The monoisotopic (exact) mass is 324 g/mol. The lowest BCUT2D eigenvalue weighted by Crippen LogP contribution is -2.36. The maximum absolute atomic E-state index is 11.7. The number of nitrogens with one attached hydrogen (secondary N) is 2. The average Bonchev–Trinajstić information content (AvgIpc) is 3.05. The van der Waals surface area contributed by atoms with Crippen molar-refractivity contribution in [2.45, 2.75) is 58.3 Å². The van der Waals surface area contributed by atoms with Gasteiger partial charge in [-0.05, 0) is 40.2 Å². The van der Waals surface area contributed by atoms with Crippen molar-refractivity contribution in [1.29, 1.82) is 0 Å². The van der Waals surface area contributed by atoms with Gasteiger partial charge in [0.05, 0.1) is 13.7 Å². The van der Waals surface area contributed by atoms with Crippen LogP contribution >= 0.6 is 0 Å². The van der Waals surface area contributed by atoms with E-state index in [-0.39, 0.29) is 12.1 Å². The van der Waals surface area contributed by atoms with E-state index in [1.807, 2.05) is 20.8 Å². The molecule has 1 heterocycles. The number of carbonyl (C=O) groups is 2. The number of rotatable bonds is 5. The van der Waals surface area contributed by atoms with Crippen molar-refractivity contribution in [2.24, 2.45) is 0 Å². The predicted octanol–water partition coefficient (Wildman–Crippen LogP) is 2.13. The first-order valence-corrected chi connectivity index (χ1v) is 7.60. The van der Waals surface area contributed by atoms with Crippen molar-refractivity contribution in [2.75, 3.05) is 7.11 Å². The van der Waals surface area contributed by atoms with Crippen LogP contribution in [0.1, 0.15) is 49.1 Å². The summed E-state index contributed by atoms with van der Waals surface area (Å²) >= 11 is 0. The van der Waals surface area contributed by atoms with Gasteiger partial charge < -0.3 is 24.5 Å². The van der Waals surface area contributed by atoms with Crippen LogP contribution in [0.25, 0.3) is 0 Å². The molecule has 0 spiro atoms. The summed E-state index contributed by atoms with van der Waals surface area (Å²) in [7, 11) is 1.34. The van der Waals surface area contributed by atoms with E-state index in [1.54, 1.807) is 13.0 Å². The molecule has 7 nitrogen and oxygen atoms in total. The van der Waals surface area contributed by atoms with Crippen molar-refractivity contribution in [3.63, 3.8) is 0 Å². The second kappa shape index (κ2) is 6.62. The Kier molecular flexibility index (Phi) is 4.99. The van der Waals surface area contributed by atoms with E-state index in [1.165, 1.54) is 7.11 Å². The number of ether oxygens (including phenoxy) is 2. The van der Waals surface area contributed by atoms with E-state index < -0.39 is 17.7 Å². The third-order valence-corrected chi connectivity index (χ3v) is 3.41. The van der Waals surface area contributed by atoms with Crippen LogP contribution in [0.2, 0.25) is 0 Å². The summed E-state index contributed by atoms with van der Waals surface area (Å²) in [6.07, 6.45) is 0.427. The van der Waals surface area contributed by atoms with E-state index in [2.05, 4.69) is 15.4 Å². The van der Waals surface area contributed by atoms with Gasteiger partial charge in [-0.2, -0.15) is 0 Å². The summed E-state index contributed by atoms with van der Waals surface area (Å²) in [5.74, 6) is 0.784. The van der Waals surface area contributed by atoms with Gasteiger partial charge in [0.1, 0.15) is 22.7 Å². The van der Waals surface area contributed by atoms with Gasteiger partial charge in [0.25, 0.3) is 0 Å². The zero-order valence-corrected chi connectivity index (χ0v) is 14.2. The number of amides is 1. The average molecular weight is 324 g/mol. The lowest BCUT2D eigenvalue weighted by Gasteiger charge is -2.19. The first-order valence-electron chi connectivity index (χ1n) is 7.60. The molecule has 1 aliphatic carbocycles. The van der Waals surface area contributed by atoms with Gasteiger partial charge in [0, 0.05) is 12.1 Å². The molecule has 1 aromatic rings. The first-order chi connectivity index (χ1) is 10.7. The van der Waals surface area contributed by atoms with Crippen molar-refractivity contribution in [3.05, 3.63) is 23.2 Å². The largest absolute Gasteiger partial charge is 0.465 e. The second-order valence-corrected chi connectivity index (χ2v) is 6.65. The molecule has 2 N–H and O–H groups in total. The Morgan fingerprint density at radius 2 is 2.04 bits per heavy atom. The van der Waals surface area contributed by atoms with Gasteiger partial charge in [-0.25, -0.2) is 9.59 Å². The molecule has 0 aliphatic heterocycles. The van der Waals surface area contributed by atoms with Gasteiger partial charge in [0.2, 0.25) is 0 Å². The normalized spacial score (nSPS) is 20.0. The molecule has 0 aromatic carbocycles. The Morgan fingerprint density at radius 1 is 1.35 bits per heavy atom. The third-order valence-electron chi connectivity index (χ3n) is 3.41. The van der Waals surface area contributed by atoms with Crippen LogP contribution < -0.4 is 10.6 Å². The third kappa shape index (κ3) is 4.99. The maximum atomic E-state index is 11.7. The molecule has 128 valence electrons. The summed E-state index contributed by atoms with van der Waals surface area (Å²) in [4.78, 5) is 23.2. The van der Waals surface area contributed by atoms with Gasteiger partial charge in [-0.15, -0.1) is 0 Å². The summed E-state index contributed by atoms with van der Waals surface area (Å²) in [5, 5.41) is 6.08. The number of aryl methyl sites for hydroxylation is 1. The molecule has 0 bridgehead atoms.